The van der Waals surface area contributed by atoms with E-state index in [4.69, 9.17) is 0 Å². The molecule has 0 saturated heterocycles. The molecule has 0 bridgehead atoms. The normalized spacial score (nSPS) is 14.1. The molecule has 1 aromatic carbocycles. The minimum Gasteiger partial charge on any atom is -0.356 e. The number of benzene rings is 1. The lowest BCUT2D eigenvalue weighted by Gasteiger charge is -2.29. The third-order valence-corrected chi connectivity index (χ3v) is 3.98. The van der Waals surface area contributed by atoms with Crippen LogP contribution in [0.3, 0.4) is 0 Å². The first-order chi connectivity index (χ1) is 11.2. The summed E-state index contributed by atoms with van der Waals surface area (Å²) < 4.78 is 0. The summed E-state index contributed by atoms with van der Waals surface area (Å²) in [5, 5.41) is 6.31. The van der Waals surface area contributed by atoms with Crippen molar-refractivity contribution in [3.8, 4) is 0 Å². The molecule has 0 radical (unpaired) electrons. The Morgan fingerprint density at radius 3 is 2.87 bits per heavy atom. The average molecular weight is 314 g/mol. The third-order valence-electron chi connectivity index (χ3n) is 3.98. The van der Waals surface area contributed by atoms with Gasteiger partial charge in [-0.05, 0) is 24.0 Å². The lowest BCUT2D eigenvalue weighted by Crippen LogP contribution is -2.39. The van der Waals surface area contributed by atoms with Crippen LogP contribution >= 0.6 is 0 Å². The number of hydrogen-bond acceptors (Lipinski definition) is 2. The highest BCUT2D eigenvalue weighted by Crippen LogP contribution is 2.19. The molecule has 0 atom stereocenters. The molecule has 5 heteroatoms. The predicted octanol–water partition coefficient (Wildman–Crippen LogP) is 1.70. The van der Waals surface area contributed by atoms with Gasteiger partial charge in [0.1, 0.15) is 0 Å². The summed E-state index contributed by atoms with van der Waals surface area (Å²) in [6.07, 6.45) is 4.10. The Balaban J connectivity index is 1.71. The lowest BCUT2D eigenvalue weighted by molar-refractivity contribution is -0.132. The summed E-state index contributed by atoms with van der Waals surface area (Å²) in [4.78, 5) is 18.4. The molecule has 0 saturated carbocycles. The number of carbonyl (C=O) groups is 1. The molecule has 1 aliphatic heterocycles. The molecule has 2 N–H and O–H groups in total. The van der Waals surface area contributed by atoms with E-state index in [1.54, 1.807) is 13.1 Å². The van der Waals surface area contributed by atoms with Crippen molar-refractivity contribution in [1.29, 1.82) is 0 Å². The van der Waals surface area contributed by atoms with Crippen LogP contribution in [0.15, 0.2) is 41.9 Å². The van der Waals surface area contributed by atoms with Gasteiger partial charge in [0.25, 0.3) is 0 Å². The van der Waals surface area contributed by atoms with Crippen LogP contribution in [-0.4, -0.2) is 43.4 Å². The topological polar surface area (TPSA) is 56.7 Å². The van der Waals surface area contributed by atoms with Gasteiger partial charge in [-0.3, -0.25) is 9.79 Å². The summed E-state index contributed by atoms with van der Waals surface area (Å²) in [6, 6.07) is 8.38. The minimum atomic E-state index is 0.232. The van der Waals surface area contributed by atoms with Gasteiger partial charge in [0.2, 0.25) is 5.91 Å². The molecule has 0 fully saturated rings. The maximum absolute atomic E-state index is 12.3. The Bertz CT molecular complexity index is 568. The van der Waals surface area contributed by atoms with Crippen molar-refractivity contribution >= 4 is 11.9 Å². The van der Waals surface area contributed by atoms with E-state index in [1.165, 1.54) is 11.1 Å². The molecule has 124 valence electrons. The van der Waals surface area contributed by atoms with Gasteiger partial charge in [-0.1, -0.05) is 30.3 Å². The quantitative estimate of drug-likeness (QED) is 0.364. The molecule has 2 rings (SSSR count). The number of amides is 1. The van der Waals surface area contributed by atoms with Gasteiger partial charge in [0, 0.05) is 39.6 Å². The van der Waals surface area contributed by atoms with E-state index in [-0.39, 0.29) is 5.91 Å². The van der Waals surface area contributed by atoms with Crippen LogP contribution in [0.25, 0.3) is 0 Å². The Hall–Kier alpha value is -2.30. The van der Waals surface area contributed by atoms with Crippen LogP contribution in [-0.2, 0) is 17.8 Å². The van der Waals surface area contributed by atoms with Crippen molar-refractivity contribution in [2.75, 3.05) is 26.7 Å². The van der Waals surface area contributed by atoms with Gasteiger partial charge < -0.3 is 15.5 Å². The smallest absolute Gasteiger partial charge is 0.222 e. The Labute approximate surface area is 138 Å². The van der Waals surface area contributed by atoms with E-state index >= 15 is 0 Å². The van der Waals surface area contributed by atoms with Gasteiger partial charge >= 0.3 is 0 Å². The van der Waals surface area contributed by atoms with Crippen molar-refractivity contribution in [3.05, 3.63) is 48.0 Å². The van der Waals surface area contributed by atoms with Gasteiger partial charge in [-0.15, -0.1) is 6.58 Å². The molecule has 1 heterocycles. The van der Waals surface area contributed by atoms with E-state index in [2.05, 4.69) is 40.4 Å². The summed E-state index contributed by atoms with van der Waals surface area (Å²) in [6.45, 7) is 6.63. The van der Waals surface area contributed by atoms with Crippen LogP contribution in [0.1, 0.15) is 24.0 Å². The predicted molar refractivity (Wildman–Crippen MR) is 94.4 cm³/mol. The summed E-state index contributed by atoms with van der Waals surface area (Å²) in [7, 11) is 1.73. The fourth-order valence-corrected chi connectivity index (χ4v) is 2.70. The largest absolute Gasteiger partial charge is 0.356 e. The number of fused-ring (bicyclic) bond motifs is 1. The molecular weight excluding hydrogens is 288 g/mol. The van der Waals surface area contributed by atoms with Crippen LogP contribution in [0.4, 0.5) is 0 Å². The summed E-state index contributed by atoms with van der Waals surface area (Å²) in [5.41, 5.74) is 2.65. The molecule has 0 aromatic heterocycles. The number of aliphatic imine (C=N–C) groups is 1. The molecule has 23 heavy (non-hydrogen) atoms. The van der Waals surface area contributed by atoms with E-state index in [1.807, 2.05) is 11.0 Å². The molecule has 1 amide bonds. The first-order valence-corrected chi connectivity index (χ1v) is 8.14. The van der Waals surface area contributed by atoms with E-state index < -0.39 is 0 Å². The molecule has 0 unspecified atom stereocenters. The van der Waals surface area contributed by atoms with Crippen LogP contribution in [0.5, 0.6) is 0 Å². The van der Waals surface area contributed by atoms with Gasteiger partial charge in [-0.2, -0.15) is 0 Å². The second-order valence-electron chi connectivity index (χ2n) is 5.61. The third kappa shape index (κ3) is 5.13. The number of carbonyl (C=O) groups excluding carboxylic acids is 1. The maximum Gasteiger partial charge on any atom is 0.222 e. The first kappa shape index (κ1) is 17.1. The number of guanidine groups is 1. The van der Waals surface area contributed by atoms with Gasteiger partial charge in [-0.25, -0.2) is 0 Å². The molecule has 5 nitrogen and oxygen atoms in total. The zero-order valence-electron chi connectivity index (χ0n) is 13.8. The molecule has 0 aliphatic carbocycles. The van der Waals surface area contributed by atoms with E-state index in [9.17, 15) is 4.79 Å². The van der Waals surface area contributed by atoms with Crippen LogP contribution in [0, 0.1) is 0 Å². The van der Waals surface area contributed by atoms with Crippen molar-refractivity contribution in [3.63, 3.8) is 0 Å². The van der Waals surface area contributed by atoms with Crippen molar-refractivity contribution < 1.29 is 4.79 Å². The fourth-order valence-electron chi connectivity index (χ4n) is 2.70. The maximum atomic E-state index is 12.3. The van der Waals surface area contributed by atoms with Crippen molar-refractivity contribution in [2.45, 2.75) is 25.8 Å². The Kier molecular flexibility index (Phi) is 6.66. The second-order valence-corrected chi connectivity index (χ2v) is 5.61. The minimum absolute atomic E-state index is 0.232. The highest BCUT2D eigenvalue weighted by atomic mass is 16.2. The number of nitrogens with one attached hydrogen (secondary N) is 2. The van der Waals surface area contributed by atoms with Gasteiger partial charge in [0.05, 0.1) is 0 Å². The summed E-state index contributed by atoms with van der Waals surface area (Å²) in [5.74, 6) is 0.972. The van der Waals surface area contributed by atoms with Crippen LogP contribution in [0.2, 0.25) is 0 Å². The molecule has 0 spiro atoms. The monoisotopic (exact) mass is 314 g/mol. The van der Waals surface area contributed by atoms with Crippen molar-refractivity contribution in [2.24, 2.45) is 4.99 Å². The fraction of sp³-hybridized carbons (Fsp3) is 0.444. The Morgan fingerprint density at radius 2 is 2.13 bits per heavy atom. The van der Waals surface area contributed by atoms with Crippen LogP contribution < -0.4 is 10.6 Å². The second kappa shape index (κ2) is 8.98. The zero-order chi connectivity index (χ0) is 16.5. The number of rotatable bonds is 6. The highest BCUT2D eigenvalue weighted by molar-refractivity contribution is 5.80. The van der Waals surface area contributed by atoms with Crippen molar-refractivity contribution in [1.82, 2.24) is 15.5 Å². The summed E-state index contributed by atoms with van der Waals surface area (Å²) >= 11 is 0. The highest BCUT2D eigenvalue weighted by Gasteiger charge is 2.19. The standard InChI is InChI=1S/C18H26N4O/c1-3-11-20-18(19-2)21-12-6-9-17(23)22-13-10-15-7-4-5-8-16(15)14-22/h3-5,7-8H,1,6,9-14H2,2H3,(H2,19,20,21). The molecule has 1 aliphatic rings. The first-order valence-electron chi connectivity index (χ1n) is 8.14. The number of nitrogens with zero attached hydrogens (tertiary/aromatic N) is 2. The molecule has 1 aromatic rings. The Morgan fingerprint density at radius 1 is 1.35 bits per heavy atom. The van der Waals surface area contributed by atoms with E-state index in [0.717, 1.165) is 38.4 Å². The zero-order valence-corrected chi connectivity index (χ0v) is 13.8. The van der Waals surface area contributed by atoms with E-state index in [0.29, 0.717) is 13.0 Å². The number of hydrogen-bond donors (Lipinski definition) is 2. The average Bonchev–Trinajstić information content (AvgIpc) is 2.60. The van der Waals surface area contributed by atoms with Gasteiger partial charge in [0.15, 0.2) is 5.96 Å². The SMILES string of the molecule is C=CCNC(=NC)NCCCC(=O)N1CCc2ccccc2C1. The molecular formula is C18H26N4O. The lowest BCUT2D eigenvalue weighted by atomic mass is 9.99.